The number of fused-ring (bicyclic) bond motifs is 1. The Balaban J connectivity index is 1.81. The van der Waals surface area contributed by atoms with Crippen molar-refractivity contribution >= 4 is 32.9 Å². The molecule has 0 aliphatic carbocycles. The first-order valence-electron chi connectivity index (χ1n) is 8.32. The van der Waals surface area contributed by atoms with Gasteiger partial charge in [-0.2, -0.15) is 0 Å². The number of halogens is 2. The standard InChI is InChI=1S/C18H15BrFN3O4/c19-12-6-17(24)22(8-13(12)20)9-16-21-14-2-1-10(18(25)26)5-15(14)23(16)7-11-3-4-27-11/h1-2,5-6,8,11H,3-4,7,9H2,(H,25,26)/t11-/m0/s1. The molecule has 0 amide bonds. The average Bonchev–Trinajstić information content (AvgIpc) is 2.92. The Morgan fingerprint density at radius 2 is 2.19 bits per heavy atom. The molecule has 1 aliphatic heterocycles. The number of aromatic carboxylic acids is 1. The van der Waals surface area contributed by atoms with Gasteiger partial charge in [-0.3, -0.25) is 4.79 Å². The summed E-state index contributed by atoms with van der Waals surface area (Å²) in [7, 11) is 0. The zero-order valence-corrected chi connectivity index (χ0v) is 15.6. The summed E-state index contributed by atoms with van der Waals surface area (Å²) in [6.45, 7) is 1.24. The highest BCUT2D eigenvalue weighted by atomic mass is 79.9. The number of aromatic nitrogens is 3. The monoisotopic (exact) mass is 435 g/mol. The predicted octanol–water partition coefficient (Wildman–Crippen LogP) is 2.64. The Labute approximate surface area is 161 Å². The first-order chi connectivity index (χ1) is 12.9. The van der Waals surface area contributed by atoms with E-state index >= 15 is 0 Å². The fourth-order valence-corrected chi connectivity index (χ4v) is 3.36. The van der Waals surface area contributed by atoms with Crippen LogP contribution < -0.4 is 5.56 Å². The highest BCUT2D eigenvalue weighted by molar-refractivity contribution is 9.10. The predicted molar refractivity (Wildman–Crippen MR) is 98.5 cm³/mol. The second-order valence-corrected chi connectivity index (χ2v) is 7.22. The van der Waals surface area contributed by atoms with Crippen LogP contribution in [0.4, 0.5) is 4.39 Å². The summed E-state index contributed by atoms with van der Waals surface area (Å²) < 4.78 is 22.5. The van der Waals surface area contributed by atoms with Gasteiger partial charge in [0.25, 0.3) is 5.56 Å². The van der Waals surface area contributed by atoms with Crippen molar-refractivity contribution < 1.29 is 19.0 Å². The van der Waals surface area contributed by atoms with Gasteiger partial charge in [0.05, 0.1) is 40.3 Å². The minimum Gasteiger partial charge on any atom is -0.478 e. The number of carboxylic acid groups (broad SMARTS) is 1. The van der Waals surface area contributed by atoms with E-state index in [9.17, 15) is 19.1 Å². The topological polar surface area (TPSA) is 86.4 Å². The lowest BCUT2D eigenvalue weighted by atomic mass is 10.1. The summed E-state index contributed by atoms with van der Waals surface area (Å²) in [5.74, 6) is -1.04. The molecule has 1 saturated heterocycles. The van der Waals surface area contributed by atoms with Crippen LogP contribution in [0.1, 0.15) is 22.6 Å². The normalized spacial score (nSPS) is 16.4. The van der Waals surface area contributed by atoms with Crippen LogP contribution in [0, 0.1) is 5.82 Å². The van der Waals surface area contributed by atoms with Gasteiger partial charge in [0.15, 0.2) is 5.82 Å². The maximum Gasteiger partial charge on any atom is 0.335 e. The van der Waals surface area contributed by atoms with E-state index in [2.05, 4.69) is 20.9 Å². The van der Waals surface area contributed by atoms with Crippen LogP contribution in [-0.4, -0.2) is 37.9 Å². The van der Waals surface area contributed by atoms with Crippen molar-refractivity contribution in [3.05, 3.63) is 62.5 Å². The van der Waals surface area contributed by atoms with Crippen molar-refractivity contribution in [3.8, 4) is 0 Å². The zero-order valence-electron chi connectivity index (χ0n) is 14.1. The molecule has 1 aromatic carbocycles. The first kappa shape index (κ1) is 17.9. The second-order valence-electron chi connectivity index (χ2n) is 6.36. The molecule has 3 aromatic rings. The van der Waals surface area contributed by atoms with E-state index < -0.39 is 11.8 Å². The quantitative estimate of drug-likeness (QED) is 0.665. The van der Waals surface area contributed by atoms with Gasteiger partial charge < -0.3 is 19.0 Å². The maximum atomic E-state index is 13.9. The average molecular weight is 436 g/mol. The number of imidazole rings is 1. The van der Waals surface area contributed by atoms with Crippen LogP contribution in [-0.2, 0) is 17.8 Å². The Kier molecular flexibility index (Phi) is 4.56. The van der Waals surface area contributed by atoms with Gasteiger partial charge in [-0.1, -0.05) is 0 Å². The van der Waals surface area contributed by atoms with Crippen LogP contribution in [0.2, 0.25) is 0 Å². The Morgan fingerprint density at radius 3 is 2.85 bits per heavy atom. The van der Waals surface area contributed by atoms with Gasteiger partial charge in [0.2, 0.25) is 0 Å². The molecule has 3 heterocycles. The highest BCUT2D eigenvalue weighted by Crippen LogP contribution is 2.23. The number of ether oxygens (including phenoxy) is 1. The summed E-state index contributed by atoms with van der Waals surface area (Å²) in [4.78, 5) is 28.0. The van der Waals surface area contributed by atoms with Crippen LogP contribution in [0.15, 0.2) is 39.7 Å². The maximum absolute atomic E-state index is 13.9. The number of hydrogen-bond acceptors (Lipinski definition) is 4. The summed E-state index contributed by atoms with van der Waals surface area (Å²) in [6.07, 6.45) is 2.02. The minimum absolute atomic E-state index is 0.00742. The fourth-order valence-electron chi connectivity index (χ4n) is 3.06. The number of rotatable bonds is 5. The molecular formula is C18H15BrFN3O4. The highest BCUT2D eigenvalue weighted by Gasteiger charge is 2.22. The molecule has 0 bridgehead atoms. The van der Waals surface area contributed by atoms with Gasteiger partial charge in [0.1, 0.15) is 5.82 Å². The van der Waals surface area contributed by atoms with Gasteiger partial charge in [-0.05, 0) is 40.5 Å². The minimum atomic E-state index is -1.03. The number of pyridine rings is 1. The molecule has 1 atom stereocenters. The Morgan fingerprint density at radius 1 is 1.41 bits per heavy atom. The number of nitrogens with zero attached hydrogens (tertiary/aromatic N) is 3. The molecule has 140 valence electrons. The summed E-state index contributed by atoms with van der Waals surface area (Å²) in [6, 6.07) is 5.83. The lowest BCUT2D eigenvalue weighted by molar-refractivity contribution is -0.0590. The molecule has 9 heteroatoms. The Hall–Kier alpha value is -2.52. The van der Waals surface area contributed by atoms with Gasteiger partial charge in [-0.25, -0.2) is 14.2 Å². The van der Waals surface area contributed by atoms with Crippen LogP contribution in [0.3, 0.4) is 0 Å². The number of carbonyl (C=O) groups is 1. The molecule has 7 nitrogen and oxygen atoms in total. The number of carboxylic acids is 1. The Bertz CT molecular complexity index is 1100. The molecule has 2 aromatic heterocycles. The van der Waals surface area contributed by atoms with Crippen LogP contribution in [0.25, 0.3) is 11.0 Å². The van der Waals surface area contributed by atoms with Crippen LogP contribution >= 0.6 is 15.9 Å². The van der Waals surface area contributed by atoms with E-state index in [1.165, 1.54) is 16.7 Å². The number of hydrogen-bond donors (Lipinski definition) is 1. The van der Waals surface area contributed by atoms with E-state index in [1.54, 1.807) is 12.1 Å². The lowest BCUT2D eigenvalue weighted by Crippen LogP contribution is -2.32. The van der Waals surface area contributed by atoms with Crippen molar-refractivity contribution in [1.82, 2.24) is 14.1 Å². The van der Waals surface area contributed by atoms with E-state index in [0.717, 1.165) is 12.6 Å². The van der Waals surface area contributed by atoms with E-state index in [4.69, 9.17) is 4.74 Å². The largest absolute Gasteiger partial charge is 0.478 e. The molecule has 0 unspecified atom stereocenters. The molecule has 0 saturated carbocycles. The third-order valence-electron chi connectivity index (χ3n) is 4.60. The molecular weight excluding hydrogens is 421 g/mol. The van der Waals surface area contributed by atoms with Gasteiger partial charge in [0, 0.05) is 18.9 Å². The third-order valence-corrected chi connectivity index (χ3v) is 5.20. The third kappa shape index (κ3) is 3.40. The fraction of sp³-hybridized carbons (Fsp3) is 0.278. The SMILES string of the molecule is O=C(O)c1ccc2nc(Cn3cc(F)c(Br)cc3=O)n(C[C@@H]3CCO3)c2c1. The summed E-state index contributed by atoms with van der Waals surface area (Å²) >= 11 is 3.00. The smallest absolute Gasteiger partial charge is 0.335 e. The molecule has 27 heavy (non-hydrogen) atoms. The van der Waals surface area contributed by atoms with Gasteiger partial charge in [-0.15, -0.1) is 0 Å². The van der Waals surface area contributed by atoms with Crippen molar-refractivity contribution in [3.63, 3.8) is 0 Å². The van der Waals surface area contributed by atoms with E-state index in [-0.39, 0.29) is 28.2 Å². The van der Waals surface area contributed by atoms with E-state index in [0.29, 0.717) is 30.0 Å². The molecule has 1 aliphatic rings. The molecule has 0 spiro atoms. The van der Waals surface area contributed by atoms with Crippen molar-refractivity contribution in [2.45, 2.75) is 25.6 Å². The first-order valence-corrected chi connectivity index (χ1v) is 9.11. The molecule has 4 rings (SSSR count). The van der Waals surface area contributed by atoms with Crippen molar-refractivity contribution in [1.29, 1.82) is 0 Å². The zero-order chi connectivity index (χ0) is 19.1. The number of benzene rings is 1. The van der Waals surface area contributed by atoms with Crippen LogP contribution in [0.5, 0.6) is 0 Å². The molecule has 1 N–H and O–H groups in total. The van der Waals surface area contributed by atoms with Crippen molar-refractivity contribution in [2.24, 2.45) is 0 Å². The van der Waals surface area contributed by atoms with Crippen molar-refractivity contribution in [2.75, 3.05) is 6.61 Å². The summed E-state index contributed by atoms with van der Waals surface area (Å²) in [5, 5.41) is 9.26. The van der Waals surface area contributed by atoms with E-state index in [1.807, 2.05) is 4.57 Å². The van der Waals surface area contributed by atoms with Gasteiger partial charge >= 0.3 is 5.97 Å². The molecule has 0 radical (unpaired) electrons. The lowest BCUT2D eigenvalue weighted by Gasteiger charge is -2.27. The molecule has 1 fully saturated rings. The summed E-state index contributed by atoms with van der Waals surface area (Å²) in [5.41, 5.74) is 1.04. The second kappa shape index (κ2) is 6.90.